The summed E-state index contributed by atoms with van der Waals surface area (Å²) in [6.07, 6.45) is 6.38. The fraction of sp³-hybridized carbons (Fsp3) is 0.351. The van der Waals surface area contributed by atoms with Crippen LogP contribution in [0.3, 0.4) is 0 Å². The molecule has 256 valence electrons. The summed E-state index contributed by atoms with van der Waals surface area (Å²) in [6, 6.07) is 17.1. The molecule has 0 radical (unpaired) electrons. The summed E-state index contributed by atoms with van der Waals surface area (Å²) in [5.41, 5.74) is 7.55. The number of rotatable bonds is 13. The molecule has 1 aliphatic heterocycles. The lowest BCUT2D eigenvalue weighted by Crippen LogP contribution is -2.38. The Labute approximate surface area is 295 Å². The maximum Gasteiger partial charge on any atom is 0.320 e. The highest BCUT2D eigenvalue weighted by molar-refractivity contribution is 6.39. The lowest BCUT2D eigenvalue weighted by atomic mass is 9.86. The van der Waals surface area contributed by atoms with Gasteiger partial charge in [0.2, 0.25) is 11.8 Å². The molecule has 2 aliphatic rings. The van der Waals surface area contributed by atoms with Crippen molar-refractivity contribution >= 4 is 35.1 Å². The summed E-state index contributed by atoms with van der Waals surface area (Å²) in [4.78, 5) is 32.5. The summed E-state index contributed by atoms with van der Waals surface area (Å²) in [5.74, 6) is -0.581. The number of ether oxygens (including phenoxy) is 1. The van der Waals surface area contributed by atoms with Crippen molar-refractivity contribution in [2.45, 2.75) is 63.2 Å². The summed E-state index contributed by atoms with van der Waals surface area (Å²) in [7, 11) is 1.50. The van der Waals surface area contributed by atoms with Gasteiger partial charge in [-0.15, -0.1) is 0 Å². The van der Waals surface area contributed by atoms with Gasteiger partial charge >= 0.3 is 5.97 Å². The van der Waals surface area contributed by atoms with Crippen LogP contribution in [0.5, 0.6) is 5.88 Å². The van der Waals surface area contributed by atoms with Crippen LogP contribution in [0.1, 0.15) is 54.8 Å². The van der Waals surface area contributed by atoms with Crippen molar-refractivity contribution in [2.75, 3.05) is 20.3 Å². The van der Waals surface area contributed by atoms with Gasteiger partial charge in [0.05, 0.1) is 28.5 Å². The summed E-state index contributed by atoms with van der Waals surface area (Å²) < 4.78 is 5.55. The van der Waals surface area contributed by atoms with E-state index in [4.69, 9.17) is 27.9 Å². The number of carbonyl (C=O) groups is 2. The van der Waals surface area contributed by atoms with Crippen molar-refractivity contribution in [3.8, 4) is 39.5 Å². The normalized spacial score (nSPS) is 17.8. The second-order valence-corrected chi connectivity index (χ2v) is 13.2. The number of aryl methyl sites for hydroxylation is 1. The lowest BCUT2D eigenvalue weighted by molar-refractivity contribution is -0.140. The monoisotopic (exact) mass is 703 g/mol. The summed E-state index contributed by atoms with van der Waals surface area (Å²) in [6.45, 7) is 0.706. The molecule has 0 spiro atoms. The Bertz CT molecular complexity index is 1850. The number of hydrogen-bond donors (Lipinski definition) is 5. The number of pyridine rings is 2. The SMILES string of the molecule is COc1nc(-c2cccc(-c3ccnc(-c4ccc5c(c4)CCC[C@H]5NC[C@@H]4CCC(=O)N4)c3Cl)c2Cl)ccc1CN[C@@H](CCO)C(=O)O. The fourth-order valence-electron chi connectivity index (χ4n) is 6.69. The van der Waals surface area contributed by atoms with Crippen molar-refractivity contribution in [2.24, 2.45) is 0 Å². The molecule has 3 heterocycles. The molecule has 4 aromatic rings. The molecular weight excluding hydrogens is 665 g/mol. The van der Waals surface area contributed by atoms with E-state index in [-0.39, 0.29) is 37.6 Å². The number of methoxy groups -OCH3 is 1. The quantitative estimate of drug-likeness (QED) is 0.114. The molecule has 10 nitrogen and oxygen atoms in total. The third kappa shape index (κ3) is 7.74. The number of carboxylic acids is 1. The number of aliphatic carboxylic acids is 1. The molecule has 0 saturated carbocycles. The number of fused-ring (bicyclic) bond motifs is 1. The average molecular weight is 705 g/mol. The van der Waals surface area contributed by atoms with E-state index in [1.165, 1.54) is 18.2 Å². The predicted molar refractivity (Wildman–Crippen MR) is 190 cm³/mol. The van der Waals surface area contributed by atoms with Gasteiger partial charge in [-0.1, -0.05) is 59.6 Å². The van der Waals surface area contributed by atoms with E-state index < -0.39 is 12.0 Å². The minimum atomic E-state index is -1.04. The zero-order valence-electron chi connectivity index (χ0n) is 27.1. The van der Waals surface area contributed by atoms with Gasteiger partial charge in [0.25, 0.3) is 0 Å². The van der Waals surface area contributed by atoms with Crippen LogP contribution in [0.4, 0.5) is 0 Å². The van der Waals surface area contributed by atoms with Gasteiger partial charge < -0.3 is 30.9 Å². The van der Waals surface area contributed by atoms with E-state index in [9.17, 15) is 19.8 Å². The van der Waals surface area contributed by atoms with Gasteiger partial charge in [0, 0.05) is 72.2 Å². The van der Waals surface area contributed by atoms with E-state index in [1.54, 1.807) is 6.20 Å². The van der Waals surface area contributed by atoms with Crippen molar-refractivity contribution in [3.63, 3.8) is 0 Å². The first-order valence-electron chi connectivity index (χ1n) is 16.5. The summed E-state index contributed by atoms with van der Waals surface area (Å²) in [5, 5.41) is 29.2. The lowest BCUT2D eigenvalue weighted by Gasteiger charge is -2.28. The first-order chi connectivity index (χ1) is 23.8. The Hall–Kier alpha value is -4.06. The molecule has 0 bridgehead atoms. The van der Waals surface area contributed by atoms with Gasteiger partial charge in [0.15, 0.2) is 0 Å². The first-order valence-corrected chi connectivity index (χ1v) is 17.2. The molecule has 2 aromatic heterocycles. The van der Waals surface area contributed by atoms with Crippen LogP contribution in [0.15, 0.2) is 60.8 Å². The Morgan fingerprint density at radius 1 is 1.06 bits per heavy atom. The van der Waals surface area contributed by atoms with E-state index in [0.29, 0.717) is 44.9 Å². The van der Waals surface area contributed by atoms with Gasteiger partial charge in [0.1, 0.15) is 6.04 Å². The topological polar surface area (TPSA) is 146 Å². The van der Waals surface area contributed by atoms with Crippen LogP contribution >= 0.6 is 23.2 Å². The van der Waals surface area contributed by atoms with E-state index in [2.05, 4.69) is 44.1 Å². The third-order valence-corrected chi connectivity index (χ3v) is 10.1. The average Bonchev–Trinajstić information content (AvgIpc) is 3.53. The van der Waals surface area contributed by atoms with Crippen LogP contribution in [0.2, 0.25) is 10.0 Å². The molecule has 49 heavy (non-hydrogen) atoms. The molecule has 1 aliphatic carbocycles. The fourth-order valence-corrected chi connectivity index (χ4v) is 7.33. The van der Waals surface area contributed by atoms with E-state index in [1.807, 2.05) is 36.4 Å². The number of aliphatic hydroxyl groups excluding tert-OH is 1. The van der Waals surface area contributed by atoms with Crippen LogP contribution in [0, 0.1) is 0 Å². The van der Waals surface area contributed by atoms with E-state index in [0.717, 1.165) is 48.9 Å². The predicted octanol–water partition coefficient (Wildman–Crippen LogP) is 5.96. The number of hydrogen-bond acceptors (Lipinski definition) is 8. The molecule has 5 N–H and O–H groups in total. The highest BCUT2D eigenvalue weighted by Gasteiger charge is 2.26. The van der Waals surface area contributed by atoms with Crippen LogP contribution < -0.4 is 20.7 Å². The molecule has 12 heteroatoms. The Morgan fingerprint density at radius 2 is 1.88 bits per heavy atom. The standard InChI is InChI=1S/C37H39Cl2N5O5/c1-49-36-23(19-41-31(15-17-45)37(47)48)9-12-30(44-36)28-6-3-5-26(33(28)38)27-14-16-40-35(34(27)39)22-8-11-25-21(18-22)4-2-7-29(25)42-20-24-10-13-32(46)43-24/h3,5-6,8-9,11-12,14,16,18,24,29,31,41-42,45H,2,4,7,10,13,15,17,19-20H2,1H3,(H,43,46)(H,47,48)/t24-,29+,31-/m0/s1. The van der Waals surface area contributed by atoms with Gasteiger partial charge in [-0.2, -0.15) is 0 Å². The molecule has 0 unspecified atom stereocenters. The minimum absolute atomic E-state index is 0.0819. The molecule has 3 atom stereocenters. The molecule has 1 saturated heterocycles. The van der Waals surface area contributed by atoms with Crippen molar-refractivity contribution in [1.29, 1.82) is 0 Å². The number of benzene rings is 2. The van der Waals surface area contributed by atoms with Crippen LogP contribution in [-0.2, 0) is 22.6 Å². The number of amides is 1. The highest BCUT2D eigenvalue weighted by Crippen LogP contribution is 2.42. The van der Waals surface area contributed by atoms with Crippen molar-refractivity contribution in [1.82, 2.24) is 25.9 Å². The molecule has 6 rings (SSSR count). The molecule has 1 fully saturated rings. The first kappa shape index (κ1) is 34.8. The number of nitrogens with one attached hydrogen (secondary N) is 3. The second-order valence-electron chi connectivity index (χ2n) is 12.4. The number of aliphatic hydroxyl groups is 1. The zero-order valence-corrected chi connectivity index (χ0v) is 28.7. The number of carboxylic acid groups (broad SMARTS) is 1. The number of nitrogens with zero attached hydrogens (tertiary/aromatic N) is 2. The Balaban J connectivity index is 1.24. The smallest absolute Gasteiger partial charge is 0.320 e. The van der Waals surface area contributed by atoms with Gasteiger partial charge in [-0.3, -0.25) is 14.6 Å². The maximum absolute atomic E-state index is 11.6. The van der Waals surface area contributed by atoms with Crippen molar-refractivity contribution in [3.05, 3.63) is 87.5 Å². The molecule has 1 amide bonds. The van der Waals surface area contributed by atoms with Crippen molar-refractivity contribution < 1.29 is 24.5 Å². The summed E-state index contributed by atoms with van der Waals surface area (Å²) >= 11 is 14.2. The molecule has 2 aromatic carbocycles. The minimum Gasteiger partial charge on any atom is -0.481 e. The zero-order chi connectivity index (χ0) is 34.5. The third-order valence-electron chi connectivity index (χ3n) is 9.27. The van der Waals surface area contributed by atoms with Crippen LogP contribution in [-0.4, -0.2) is 64.4 Å². The molecular formula is C37H39Cl2N5O5. The van der Waals surface area contributed by atoms with Crippen LogP contribution in [0.25, 0.3) is 33.6 Å². The second kappa shape index (κ2) is 15.7. The number of aromatic nitrogens is 2. The Kier molecular flexibility index (Phi) is 11.1. The largest absolute Gasteiger partial charge is 0.481 e. The highest BCUT2D eigenvalue weighted by atomic mass is 35.5. The van der Waals surface area contributed by atoms with Gasteiger partial charge in [-0.05, 0) is 61.4 Å². The maximum atomic E-state index is 11.6. The van der Waals surface area contributed by atoms with Gasteiger partial charge in [-0.25, -0.2) is 4.98 Å². The number of carbonyl (C=O) groups excluding carboxylic acids is 1. The number of halogens is 2. The Morgan fingerprint density at radius 3 is 2.63 bits per heavy atom. The van der Waals surface area contributed by atoms with E-state index >= 15 is 0 Å².